The van der Waals surface area contributed by atoms with Gasteiger partial charge in [0, 0.05) is 12.0 Å². The quantitative estimate of drug-likeness (QED) is 0.600. The number of aliphatic hydroxyl groups excluding tert-OH is 1. The average molecular weight is 150 g/mol. The second-order valence-electron chi connectivity index (χ2n) is 3.22. The van der Waals surface area contributed by atoms with E-state index in [9.17, 15) is 5.11 Å². The number of rotatable bonds is 2. The van der Waals surface area contributed by atoms with Crippen molar-refractivity contribution in [2.45, 2.75) is 20.3 Å². The highest BCUT2D eigenvalue weighted by molar-refractivity contribution is 5.41. The highest BCUT2D eigenvalue weighted by atomic mass is 16.3. The van der Waals surface area contributed by atoms with Gasteiger partial charge in [-0.25, -0.2) is 0 Å². The zero-order chi connectivity index (χ0) is 8.27. The summed E-state index contributed by atoms with van der Waals surface area (Å²) in [4.78, 5) is 0. The van der Waals surface area contributed by atoms with Gasteiger partial charge < -0.3 is 5.11 Å². The van der Waals surface area contributed by atoms with Gasteiger partial charge in [-0.2, -0.15) is 0 Å². The van der Waals surface area contributed by atoms with E-state index in [1.807, 2.05) is 24.3 Å². The molecular weight excluding hydrogens is 136 g/mol. The number of hydrogen-bond acceptors (Lipinski definition) is 1. The first-order chi connectivity index (χ1) is 5.20. The molecular formula is C10H14O. The maximum Gasteiger partial charge on any atom is 0.0997 e. The van der Waals surface area contributed by atoms with Gasteiger partial charge in [-0.15, -0.1) is 0 Å². The van der Waals surface area contributed by atoms with Crippen molar-refractivity contribution in [3.05, 3.63) is 35.6 Å². The lowest BCUT2D eigenvalue weighted by molar-refractivity contribution is 0.362. The second kappa shape index (κ2) is 3.42. The van der Waals surface area contributed by atoms with Gasteiger partial charge >= 0.3 is 0 Å². The molecule has 1 N–H and O–H groups in total. The zero-order valence-corrected chi connectivity index (χ0v) is 7.04. The summed E-state index contributed by atoms with van der Waals surface area (Å²) in [7, 11) is 0. The largest absolute Gasteiger partial charge is 0.512 e. The highest BCUT2D eigenvalue weighted by Gasteiger charge is 2.03. The SMILES string of the molecule is CC(C)CC(O)=C1C=CC=C1. The minimum absolute atomic E-state index is 0.505. The average Bonchev–Trinajstić information content (AvgIpc) is 2.35. The Morgan fingerprint density at radius 3 is 2.36 bits per heavy atom. The molecule has 0 aliphatic heterocycles. The molecule has 1 aliphatic rings. The van der Waals surface area contributed by atoms with Gasteiger partial charge in [0.1, 0.15) is 0 Å². The van der Waals surface area contributed by atoms with Gasteiger partial charge in [-0.1, -0.05) is 38.2 Å². The minimum Gasteiger partial charge on any atom is -0.512 e. The third-order valence-corrected chi connectivity index (χ3v) is 1.60. The molecule has 0 aromatic heterocycles. The van der Waals surface area contributed by atoms with Crippen LogP contribution in [0.1, 0.15) is 20.3 Å². The summed E-state index contributed by atoms with van der Waals surface area (Å²) in [5.41, 5.74) is 0.957. The van der Waals surface area contributed by atoms with Gasteiger partial charge in [0.05, 0.1) is 5.76 Å². The predicted octanol–water partition coefficient (Wildman–Crippen LogP) is 2.97. The molecule has 60 valence electrons. The van der Waals surface area contributed by atoms with E-state index in [0.717, 1.165) is 12.0 Å². The summed E-state index contributed by atoms with van der Waals surface area (Å²) < 4.78 is 0. The molecule has 0 bridgehead atoms. The van der Waals surface area contributed by atoms with Crippen LogP contribution < -0.4 is 0 Å². The normalized spacial score (nSPS) is 15.0. The Labute approximate surface area is 67.7 Å². The van der Waals surface area contributed by atoms with Crippen LogP contribution in [0.5, 0.6) is 0 Å². The summed E-state index contributed by atoms with van der Waals surface area (Å²) in [6.07, 6.45) is 8.50. The van der Waals surface area contributed by atoms with Crippen LogP contribution >= 0.6 is 0 Å². The molecule has 0 aromatic rings. The van der Waals surface area contributed by atoms with E-state index < -0.39 is 0 Å². The van der Waals surface area contributed by atoms with Gasteiger partial charge in [-0.05, 0) is 5.92 Å². The minimum atomic E-state index is 0.505. The summed E-state index contributed by atoms with van der Waals surface area (Å²) >= 11 is 0. The molecule has 0 saturated carbocycles. The lowest BCUT2D eigenvalue weighted by Crippen LogP contribution is -1.92. The van der Waals surface area contributed by atoms with Crippen molar-refractivity contribution in [1.29, 1.82) is 0 Å². The van der Waals surface area contributed by atoms with Crippen molar-refractivity contribution in [1.82, 2.24) is 0 Å². The van der Waals surface area contributed by atoms with Crippen LogP contribution in [0.15, 0.2) is 35.6 Å². The van der Waals surface area contributed by atoms with Gasteiger partial charge in [0.15, 0.2) is 0 Å². The number of hydrogen-bond donors (Lipinski definition) is 1. The third-order valence-electron chi connectivity index (χ3n) is 1.60. The number of aliphatic hydroxyl groups is 1. The maximum atomic E-state index is 9.50. The predicted molar refractivity (Wildman–Crippen MR) is 47.4 cm³/mol. The molecule has 0 spiro atoms. The van der Waals surface area contributed by atoms with E-state index >= 15 is 0 Å². The monoisotopic (exact) mass is 150 g/mol. The van der Waals surface area contributed by atoms with Gasteiger partial charge in [-0.3, -0.25) is 0 Å². The first-order valence-electron chi connectivity index (χ1n) is 3.97. The fourth-order valence-electron chi connectivity index (χ4n) is 1.07. The fraction of sp³-hybridized carbons (Fsp3) is 0.400. The van der Waals surface area contributed by atoms with Crippen LogP contribution in [0.25, 0.3) is 0 Å². The number of allylic oxidation sites excluding steroid dienone is 6. The molecule has 0 saturated heterocycles. The van der Waals surface area contributed by atoms with Crippen molar-refractivity contribution in [3.8, 4) is 0 Å². The highest BCUT2D eigenvalue weighted by Crippen LogP contribution is 2.17. The maximum absolute atomic E-state index is 9.50. The smallest absolute Gasteiger partial charge is 0.0997 e. The van der Waals surface area contributed by atoms with Crippen molar-refractivity contribution in [2.75, 3.05) is 0 Å². The molecule has 1 rings (SSSR count). The molecule has 0 aromatic carbocycles. The Bertz CT molecular complexity index is 205. The molecule has 1 aliphatic carbocycles. The fourth-order valence-corrected chi connectivity index (χ4v) is 1.07. The summed E-state index contributed by atoms with van der Waals surface area (Å²) in [6.45, 7) is 4.19. The van der Waals surface area contributed by atoms with Crippen molar-refractivity contribution in [2.24, 2.45) is 5.92 Å². The first kappa shape index (κ1) is 8.12. The van der Waals surface area contributed by atoms with Crippen LogP contribution in [0.2, 0.25) is 0 Å². The van der Waals surface area contributed by atoms with Crippen molar-refractivity contribution < 1.29 is 5.11 Å². The molecule has 1 heteroatoms. The van der Waals surface area contributed by atoms with Crippen molar-refractivity contribution >= 4 is 0 Å². The lowest BCUT2D eigenvalue weighted by atomic mass is 10.1. The lowest BCUT2D eigenvalue weighted by Gasteiger charge is -2.04. The van der Waals surface area contributed by atoms with Crippen LogP contribution in [-0.2, 0) is 0 Å². The molecule has 11 heavy (non-hydrogen) atoms. The van der Waals surface area contributed by atoms with E-state index in [-0.39, 0.29) is 0 Å². The van der Waals surface area contributed by atoms with Crippen LogP contribution in [0.3, 0.4) is 0 Å². The summed E-state index contributed by atoms with van der Waals surface area (Å²) in [5.74, 6) is 1.02. The summed E-state index contributed by atoms with van der Waals surface area (Å²) in [6, 6.07) is 0. The molecule has 0 unspecified atom stereocenters. The van der Waals surface area contributed by atoms with E-state index in [2.05, 4.69) is 13.8 Å². The van der Waals surface area contributed by atoms with Crippen molar-refractivity contribution in [3.63, 3.8) is 0 Å². The van der Waals surface area contributed by atoms with Crippen LogP contribution in [0, 0.1) is 5.92 Å². The molecule has 0 radical (unpaired) electrons. The van der Waals surface area contributed by atoms with Gasteiger partial charge in [0.25, 0.3) is 0 Å². The van der Waals surface area contributed by atoms with E-state index in [0.29, 0.717) is 11.7 Å². The Morgan fingerprint density at radius 2 is 1.91 bits per heavy atom. The second-order valence-corrected chi connectivity index (χ2v) is 3.22. The molecule has 1 nitrogen and oxygen atoms in total. The summed E-state index contributed by atoms with van der Waals surface area (Å²) in [5, 5.41) is 9.50. The molecule has 0 fully saturated rings. The standard InChI is InChI=1S/C10H14O/c1-8(2)7-10(11)9-5-3-4-6-9/h3-6,8,11H,7H2,1-2H3. The Morgan fingerprint density at radius 1 is 1.36 bits per heavy atom. The van der Waals surface area contributed by atoms with E-state index in [4.69, 9.17) is 0 Å². The Kier molecular flexibility index (Phi) is 2.53. The van der Waals surface area contributed by atoms with Gasteiger partial charge in [0.2, 0.25) is 0 Å². The molecule has 0 amide bonds. The Balaban J connectivity index is 2.64. The zero-order valence-electron chi connectivity index (χ0n) is 7.04. The first-order valence-corrected chi connectivity index (χ1v) is 3.97. The molecule has 0 atom stereocenters. The van der Waals surface area contributed by atoms with Crippen LogP contribution in [0.4, 0.5) is 0 Å². The molecule has 0 heterocycles. The van der Waals surface area contributed by atoms with Crippen LogP contribution in [-0.4, -0.2) is 5.11 Å². The van der Waals surface area contributed by atoms with E-state index in [1.54, 1.807) is 0 Å². The Hall–Kier alpha value is -0.980. The third kappa shape index (κ3) is 2.26. The topological polar surface area (TPSA) is 20.2 Å². The van der Waals surface area contributed by atoms with E-state index in [1.165, 1.54) is 0 Å².